The van der Waals surface area contributed by atoms with Gasteiger partial charge in [0.25, 0.3) is 0 Å². The van der Waals surface area contributed by atoms with Gasteiger partial charge in [-0.15, -0.1) is 0 Å². The van der Waals surface area contributed by atoms with E-state index in [1.54, 1.807) is 0 Å². The highest BCUT2D eigenvalue weighted by Gasteiger charge is 2.52. The number of esters is 1. The molecule has 0 radical (unpaired) electrons. The highest BCUT2D eigenvalue weighted by molar-refractivity contribution is 8.13. The third-order valence-electron chi connectivity index (χ3n) is 4.40. The summed E-state index contributed by atoms with van der Waals surface area (Å²) in [7, 11) is 1.66. The normalized spacial score (nSPS) is 30.4. The molecule has 0 aromatic heterocycles. The molecule has 18 heavy (non-hydrogen) atoms. The molecule has 1 unspecified atom stereocenters. The Morgan fingerprint density at radius 2 is 1.83 bits per heavy atom. The summed E-state index contributed by atoms with van der Waals surface area (Å²) in [6.45, 7) is 4.40. The Morgan fingerprint density at radius 3 is 2.33 bits per heavy atom. The molecule has 1 heterocycles. The third-order valence-corrected chi connectivity index (χ3v) is 5.48. The van der Waals surface area contributed by atoms with Crippen molar-refractivity contribution < 1.29 is 17.9 Å². The fourth-order valence-electron chi connectivity index (χ4n) is 3.04. The molecule has 0 aromatic rings. The van der Waals surface area contributed by atoms with Gasteiger partial charge in [0.15, 0.2) is 0 Å². The summed E-state index contributed by atoms with van der Waals surface area (Å²) >= 11 is 0. The monoisotopic (exact) mass is 294 g/mol. The van der Waals surface area contributed by atoms with Gasteiger partial charge in [-0.2, -0.15) is 0 Å². The lowest BCUT2D eigenvalue weighted by molar-refractivity contribution is -0.141. The number of rotatable bonds is 2. The minimum atomic E-state index is -3.64. The maximum absolute atomic E-state index is 11.5. The molecule has 1 atom stereocenters. The first kappa shape index (κ1) is 14.1. The zero-order valence-electron chi connectivity index (χ0n) is 10.7. The average Bonchev–Trinajstić information content (AvgIpc) is 2.46. The Balaban J connectivity index is 2.17. The van der Waals surface area contributed by atoms with Crippen LogP contribution < -0.4 is 0 Å². The summed E-state index contributed by atoms with van der Waals surface area (Å²) in [6, 6.07) is 0. The summed E-state index contributed by atoms with van der Waals surface area (Å²) in [6.07, 6.45) is 3.42. The van der Waals surface area contributed by atoms with E-state index in [2.05, 4.69) is 13.8 Å². The average molecular weight is 295 g/mol. The lowest BCUT2D eigenvalue weighted by Gasteiger charge is -2.42. The Hall–Kier alpha value is -0.290. The second-order valence-electron chi connectivity index (χ2n) is 6.39. The van der Waals surface area contributed by atoms with Gasteiger partial charge in [0.2, 0.25) is 9.05 Å². The van der Waals surface area contributed by atoms with Crippen molar-refractivity contribution in [3.05, 3.63) is 0 Å². The van der Waals surface area contributed by atoms with Crippen molar-refractivity contribution in [1.29, 1.82) is 0 Å². The molecular weight excluding hydrogens is 276 g/mol. The second-order valence-corrected chi connectivity index (χ2v) is 9.21. The van der Waals surface area contributed by atoms with E-state index in [1.165, 1.54) is 0 Å². The van der Waals surface area contributed by atoms with Gasteiger partial charge in [-0.25, -0.2) is 8.42 Å². The van der Waals surface area contributed by atoms with E-state index in [-0.39, 0.29) is 22.6 Å². The molecule has 104 valence electrons. The van der Waals surface area contributed by atoms with Gasteiger partial charge in [-0.3, -0.25) is 4.79 Å². The highest BCUT2D eigenvalue weighted by atomic mass is 35.7. The number of cyclic esters (lactones) is 1. The van der Waals surface area contributed by atoms with Crippen molar-refractivity contribution in [2.75, 3.05) is 5.75 Å². The predicted molar refractivity (Wildman–Crippen MR) is 68.8 cm³/mol. The molecule has 1 saturated carbocycles. The summed E-state index contributed by atoms with van der Waals surface area (Å²) in [5.41, 5.74) is -0.0458. The third kappa shape index (κ3) is 2.99. The van der Waals surface area contributed by atoms with Crippen molar-refractivity contribution >= 4 is 25.7 Å². The van der Waals surface area contributed by atoms with Gasteiger partial charge in [-0.05, 0) is 31.1 Å². The standard InChI is InChI=1S/C12H19ClO4S/c1-11(2)3-5-12(6-4-11)7-10(14)17-9(12)8-18(13,15)16/h9H,3-8H2,1-2H3. The largest absolute Gasteiger partial charge is 0.461 e. The van der Waals surface area contributed by atoms with E-state index >= 15 is 0 Å². The van der Waals surface area contributed by atoms with E-state index < -0.39 is 15.2 Å². The summed E-state index contributed by atoms with van der Waals surface area (Å²) in [4.78, 5) is 11.5. The molecule has 2 fully saturated rings. The van der Waals surface area contributed by atoms with E-state index in [0.717, 1.165) is 25.7 Å². The first-order valence-corrected chi connectivity index (χ1v) is 8.72. The van der Waals surface area contributed by atoms with Crippen LogP contribution in [0.2, 0.25) is 0 Å². The van der Waals surface area contributed by atoms with Crippen LogP contribution in [0.1, 0.15) is 46.0 Å². The molecule has 1 aliphatic heterocycles. The van der Waals surface area contributed by atoms with Crippen LogP contribution in [0.5, 0.6) is 0 Å². The second kappa shape index (κ2) is 4.37. The predicted octanol–water partition coefficient (Wildman–Crippen LogP) is 2.46. The Morgan fingerprint density at radius 1 is 1.28 bits per heavy atom. The van der Waals surface area contributed by atoms with Crippen molar-refractivity contribution in [2.24, 2.45) is 10.8 Å². The summed E-state index contributed by atoms with van der Waals surface area (Å²) in [5.74, 6) is -0.555. The number of hydrogen-bond acceptors (Lipinski definition) is 4. The van der Waals surface area contributed by atoms with Crippen LogP contribution in [0.25, 0.3) is 0 Å². The molecule has 0 aromatic carbocycles. The molecule has 0 amide bonds. The zero-order chi connectivity index (χ0) is 13.6. The van der Waals surface area contributed by atoms with Crippen LogP contribution in [0, 0.1) is 10.8 Å². The fourth-order valence-corrected chi connectivity index (χ4v) is 4.17. The van der Waals surface area contributed by atoms with E-state index in [0.29, 0.717) is 6.42 Å². The molecule has 1 saturated heterocycles. The van der Waals surface area contributed by atoms with Crippen LogP contribution in [0.15, 0.2) is 0 Å². The first-order valence-electron chi connectivity index (χ1n) is 6.24. The minimum Gasteiger partial charge on any atom is -0.461 e. The SMILES string of the molecule is CC1(C)CCC2(CC1)CC(=O)OC2CS(=O)(=O)Cl. The summed E-state index contributed by atoms with van der Waals surface area (Å²) < 4.78 is 27.6. The number of carbonyl (C=O) groups excluding carboxylic acids is 1. The smallest absolute Gasteiger partial charge is 0.306 e. The van der Waals surface area contributed by atoms with E-state index in [4.69, 9.17) is 15.4 Å². The summed E-state index contributed by atoms with van der Waals surface area (Å²) in [5, 5.41) is 0. The zero-order valence-corrected chi connectivity index (χ0v) is 12.3. The van der Waals surface area contributed by atoms with Gasteiger partial charge < -0.3 is 4.74 Å². The van der Waals surface area contributed by atoms with Crippen molar-refractivity contribution in [1.82, 2.24) is 0 Å². The van der Waals surface area contributed by atoms with Crippen LogP contribution >= 0.6 is 10.7 Å². The Kier molecular flexibility index (Phi) is 3.43. The molecule has 0 bridgehead atoms. The van der Waals surface area contributed by atoms with Gasteiger partial charge in [0.05, 0.1) is 6.42 Å². The Bertz CT molecular complexity index is 445. The van der Waals surface area contributed by atoms with E-state index in [1.807, 2.05) is 0 Å². The topological polar surface area (TPSA) is 60.4 Å². The van der Waals surface area contributed by atoms with Crippen molar-refractivity contribution in [3.63, 3.8) is 0 Å². The van der Waals surface area contributed by atoms with Crippen LogP contribution in [0.3, 0.4) is 0 Å². The molecule has 2 aliphatic rings. The van der Waals surface area contributed by atoms with Crippen LogP contribution in [-0.2, 0) is 18.6 Å². The number of halogens is 1. The number of carbonyl (C=O) groups is 1. The van der Waals surface area contributed by atoms with Crippen molar-refractivity contribution in [2.45, 2.75) is 52.1 Å². The molecule has 2 rings (SSSR count). The van der Waals surface area contributed by atoms with E-state index in [9.17, 15) is 13.2 Å². The first-order chi connectivity index (χ1) is 8.12. The van der Waals surface area contributed by atoms with Gasteiger partial charge >= 0.3 is 5.97 Å². The van der Waals surface area contributed by atoms with Gasteiger partial charge in [0.1, 0.15) is 11.9 Å². The number of ether oxygens (including phenoxy) is 1. The molecular formula is C12H19ClO4S. The molecule has 0 N–H and O–H groups in total. The molecule has 4 nitrogen and oxygen atoms in total. The molecule has 1 spiro atoms. The maximum atomic E-state index is 11.5. The minimum absolute atomic E-state index is 0.263. The highest BCUT2D eigenvalue weighted by Crippen LogP contribution is 2.52. The molecule has 1 aliphatic carbocycles. The van der Waals surface area contributed by atoms with Crippen LogP contribution in [-0.4, -0.2) is 26.2 Å². The lowest BCUT2D eigenvalue weighted by Crippen LogP contribution is -2.40. The maximum Gasteiger partial charge on any atom is 0.306 e. The van der Waals surface area contributed by atoms with Gasteiger partial charge in [-0.1, -0.05) is 13.8 Å². The van der Waals surface area contributed by atoms with Gasteiger partial charge in [0, 0.05) is 16.1 Å². The lowest BCUT2D eigenvalue weighted by atomic mass is 9.62. The fraction of sp³-hybridized carbons (Fsp3) is 0.917. The molecule has 6 heteroatoms. The quantitative estimate of drug-likeness (QED) is 0.580. The van der Waals surface area contributed by atoms with Crippen molar-refractivity contribution in [3.8, 4) is 0 Å². The Labute approximate surface area is 112 Å². The number of hydrogen-bond donors (Lipinski definition) is 0. The van der Waals surface area contributed by atoms with Crippen LogP contribution in [0.4, 0.5) is 0 Å².